The lowest BCUT2D eigenvalue weighted by Crippen LogP contribution is -2.70. The number of hydrogen-bond acceptors (Lipinski definition) is 10. The fourth-order valence-corrected chi connectivity index (χ4v) is 18.4. The fraction of sp³-hybridized carbons (Fsp3) is 1.00. The van der Waals surface area contributed by atoms with Gasteiger partial charge < -0.3 is 18.9 Å². The quantitative estimate of drug-likeness (QED) is 0.334. The lowest BCUT2D eigenvalue weighted by atomic mass is 9.71. The first-order chi connectivity index (χ1) is 20.8. The van der Waals surface area contributed by atoms with Gasteiger partial charge in [-0.3, -0.25) is 0 Å². The standard InChI is InChI=1S/C31H48N2O6S4/c34-32-26(1-9-36-10-2-26)17-30(18-27(32)3-11-37-12-4-27)40-21-25(22-41-30)23-42-31(43-24-25)19-28(5-13-38-14-6-28)33(35)29(20-31)7-15-39-16-8-29/h1-24H2. The first kappa shape index (κ1) is 31.4. The van der Waals surface area contributed by atoms with Crippen molar-refractivity contribution in [2.24, 2.45) is 5.41 Å². The highest BCUT2D eigenvalue weighted by Gasteiger charge is 2.65. The average Bonchev–Trinajstić information content (AvgIpc) is 3.04. The molecular formula is C31H48N2O6S4. The molecule has 0 aromatic heterocycles. The summed E-state index contributed by atoms with van der Waals surface area (Å²) in [6, 6.07) is 0. The molecule has 8 aliphatic rings. The van der Waals surface area contributed by atoms with Gasteiger partial charge in [-0.05, 0) is 77.0 Å². The number of rotatable bonds is 0. The summed E-state index contributed by atoms with van der Waals surface area (Å²) in [5.41, 5.74) is -0.856. The Morgan fingerprint density at radius 1 is 0.395 bits per heavy atom. The van der Waals surface area contributed by atoms with E-state index in [9.17, 15) is 10.4 Å². The summed E-state index contributed by atoms with van der Waals surface area (Å²) in [5.74, 6) is 4.72. The van der Waals surface area contributed by atoms with Gasteiger partial charge in [0.1, 0.15) is 0 Å². The van der Waals surface area contributed by atoms with Crippen LogP contribution in [0.25, 0.3) is 0 Å². The van der Waals surface area contributed by atoms with Gasteiger partial charge in [-0.1, -0.05) is 0 Å². The minimum absolute atomic E-state index is 0.109. The molecule has 0 aromatic carbocycles. The van der Waals surface area contributed by atoms with Gasteiger partial charge >= 0.3 is 0 Å². The van der Waals surface area contributed by atoms with Gasteiger partial charge in [0.05, 0.1) is 30.3 Å². The van der Waals surface area contributed by atoms with Gasteiger partial charge in [-0.15, -0.1) is 67.6 Å². The number of hydrogen-bond donors (Lipinski definition) is 0. The van der Waals surface area contributed by atoms with Crippen molar-refractivity contribution in [3.63, 3.8) is 0 Å². The second-order valence-corrected chi connectivity index (χ2v) is 21.1. The van der Waals surface area contributed by atoms with Crippen molar-refractivity contribution in [1.82, 2.24) is 10.1 Å². The molecule has 12 heteroatoms. The maximum atomic E-state index is 14.2. The number of nitrogens with zero attached hydrogens (tertiary/aromatic N) is 2. The predicted molar refractivity (Wildman–Crippen MR) is 172 cm³/mol. The van der Waals surface area contributed by atoms with Crippen LogP contribution in [0.2, 0.25) is 0 Å². The van der Waals surface area contributed by atoms with Gasteiger partial charge in [0.25, 0.3) is 0 Å². The maximum absolute atomic E-state index is 14.2. The van der Waals surface area contributed by atoms with Crippen molar-refractivity contribution in [1.29, 1.82) is 0 Å². The smallest absolute Gasteiger partial charge is 0.0648 e. The Hall–Kier alpha value is 1.08. The van der Waals surface area contributed by atoms with E-state index in [1.165, 1.54) is 23.0 Å². The van der Waals surface area contributed by atoms with Gasteiger partial charge in [0.15, 0.2) is 0 Å². The highest BCUT2D eigenvalue weighted by molar-refractivity contribution is 8.20. The zero-order valence-corrected chi connectivity index (χ0v) is 28.7. The van der Waals surface area contributed by atoms with Crippen molar-refractivity contribution in [3.8, 4) is 0 Å². The monoisotopic (exact) mass is 672 g/mol. The van der Waals surface area contributed by atoms with E-state index in [-0.39, 0.29) is 30.3 Å². The highest BCUT2D eigenvalue weighted by atomic mass is 32.2. The first-order valence-corrected chi connectivity index (χ1v) is 20.6. The summed E-state index contributed by atoms with van der Waals surface area (Å²) in [6.45, 7) is 5.65. The van der Waals surface area contributed by atoms with Crippen molar-refractivity contribution in [3.05, 3.63) is 0 Å². The van der Waals surface area contributed by atoms with Gasteiger partial charge in [-0.25, -0.2) is 0 Å². The van der Waals surface area contributed by atoms with E-state index in [2.05, 4.69) is 47.0 Å². The molecule has 8 heterocycles. The molecule has 43 heavy (non-hydrogen) atoms. The fourth-order valence-electron chi connectivity index (χ4n) is 9.83. The average molecular weight is 673 g/mol. The molecule has 0 aliphatic carbocycles. The molecule has 0 atom stereocenters. The van der Waals surface area contributed by atoms with Crippen LogP contribution in [0.5, 0.6) is 0 Å². The van der Waals surface area contributed by atoms with Crippen LogP contribution in [0.15, 0.2) is 0 Å². The van der Waals surface area contributed by atoms with E-state index in [0.717, 1.165) is 77.0 Å². The van der Waals surface area contributed by atoms with E-state index in [1.54, 1.807) is 10.1 Å². The summed E-state index contributed by atoms with van der Waals surface area (Å²) in [4.78, 5) is 0. The van der Waals surface area contributed by atoms with E-state index >= 15 is 0 Å². The summed E-state index contributed by atoms with van der Waals surface area (Å²) in [6.07, 6.45) is 10.8. The maximum Gasteiger partial charge on any atom is 0.0648 e. The molecule has 8 rings (SSSR count). The lowest BCUT2D eigenvalue weighted by molar-refractivity contribution is -0.328. The van der Waals surface area contributed by atoms with Crippen molar-refractivity contribution in [2.75, 3.05) is 75.9 Å². The number of thioether (sulfide) groups is 4. The molecule has 0 saturated carbocycles. The minimum atomic E-state index is -0.291. The molecular weight excluding hydrogens is 625 g/mol. The summed E-state index contributed by atoms with van der Waals surface area (Å²) >= 11 is 8.82. The number of piperidine rings is 2. The molecule has 0 unspecified atom stereocenters. The third kappa shape index (κ3) is 5.30. The Morgan fingerprint density at radius 2 is 0.628 bits per heavy atom. The number of hydroxylamine groups is 4. The van der Waals surface area contributed by atoms with Gasteiger partial charge in [-0.2, -0.15) is 0 Å². The second kappa shape index (κ2) is 11.6. The van der Waals surface area contributed by atoms with E-state index < -0.39 is 0 Å². The van der Waals surface area contributed by atoms with Gasteiger partial charge in [0, 0.05) is 81.3 Å². The Morgan fingerprint density at radius 3 is 0.860 bits per heavy atom. The van der Waals surface area contributed by atoms with Crippen LogP contribution in [0, 0.1) is 5.41 Å². The van der Waals surface area contributed by atoms with Crippen molar-refractivity contribution in [2.45, 2.75) is 107 Å². The van der Waals surface area contributed by atoms with Gasteiger partial charge in [0.2, 0.25) is 0 Å². The topological polar surface area (TPSA) is 83.2 Å². The molecule has 8 nitrogen and oxygen atoms in total. The largest absolute Gasteiger partial charge is 0.381 e. The van der Waals surface area contributed by atoms with Crippen molar-refractivity contribution >= 4 is 47.0 Å². The molecule has 7 spiro atoms. The molecule has 0 N–H and O–H groups in total. The highest BCUT2D eigenvalue weighted by Crippen LogP contribution is 2.67. The lowest BCUT2D eigenvalue weighted by Gasteiger charge is -2.64. The molecule has 0 aromatic rings. The van der Waals surface area contributed by atoms with Crippen LogP contribution < -0.4 is 0 Å². The zero-order chi connectivity index (χ0) is 29.3. The second-order valence-electron chi connectivity index (χ2n) is 15.1. The molecule has 0 bridgehead atoms. The van der Waals surface area contributed by atoms with E-state index in [1.807, 2.05) is 0 Å². The minimum Gasteiger partial charge on any atom is -0.381 e. The predicted octanol–water partition coefficient (Wildman–Crippen LogP) is 5.40. The Balaban J connectivity index is 1.00. The van der Waals surface area contributed by atoms with E-state index in [4.69, 9.17) is 18.9 Å². The van der Waals surface area contributed by atoms with Crippen LogP contribution in [0.3, 0.4) is 0 Å². The van der Waals surface area contributed by atoms with Crippen molar-refractivity contribution < 1.29 is 29.4 Å². The summed E-state index contributed by atoms with van der Waals surface area (Å²) in [7, 11) is 0. The molecule has 8 aliphatic heterocycles. The summed E-state index contributed by atoms with van der Waals surface area (Å²) in [5, 5.41) is 31.6. The Kier molecular flexibility index (Phi) is 8.46. The van der Waals surface area contributed by atoms with Crippen LogP contribution in [-0.2, 0) is 29.4 Å². The number of ether oxygens (including phenoxy) is 4. The first-order valence-electron chi connectivity index (χ1n) is 16.6. The molecule has 2 radical (unpaired) electrons. The third-order valence-corrected chi connectivity index (χ3v) is 20.1. The zero-order valence-electron chi connectivity index (χ0n) is 25.4. The normalized spacial score (nSPS) is 42.8. The molecule has 8 saturated heterocycles. The summed E-state index contributed by atoms with van der Waals surface area (Å²) < 4.78 is 23.4. The molecule has 8 fully saturated rings. The van der Waals surface area contributed by atoms with Crippen LogP contribution >= 0.6 is 47.0 Å². The van der Waals surface area contributed by atoms with Crippen LogP contribution in [0.4, 0.5) is 0 Å². The Bertz CT molecular complexity index is 868. The van der Waals surface area contributed by atoms with Crippen LogP contribution in [0.1, 0.15) is 77.0 Å². The third-order valence-electron chi connectivity index (χ3n) is 12.4. The molecule has 0 amide bonds. The SMILES string of the molecule is [O]N1C2(CCOCC2)CC2(CC13CCOCC3)SCC1(CS2)CSC2(CC3(CCOCC3)N([O])C3(CCOCC3)C2)SC1. The molecule has 242 valence electrons. The van der Waals surface area contributed by atoms with E-state index in [0.29, 0.717) is 58.3 Å². The Labute approximate surface area is 274 Å². The van der Waals surface area contributed by atoms with Crippen LogP contribution in [-0.4, -0.2) is 116 Å².